The van der Waals surface area contributed by atoms with Gasteiger partial charge in [0.2, 0.25) is 11.8 Å². The molecule has 1 unspecified atom stereocenters. The maximum Gasteiger partial charge on any atom is 0.287 e. The molecule has 1 aliphatic rings. The highest BCUT2D eigenvalue weighted by molar-refractivity contribution is 5.95. The first-order valence-corrected chi connectivity index (χ1v) is 8.73. The molecule has 3 amide bonds. The molecular formula is C18H27N3O4. The van der Waals surface area contributed by atoms with Crippen molar-refractivity contribution in [2.45, 2.75) is 33.7 Å². The van der Waals surface area contributed by atoms with Crippen LogP contribution in [0.5, 0.6) is 0 Å². The number of piperazine rings is 1. The van der Waals surface area contributed by atoms with Crippen LogP contribution < -0.4 is 5.32 Å². The molecule has 7 nitrogen and oxygen atoms in total. The van der Waals surface area contributed by atoms with Gasteiger partial charge in [-0.3, -0.25) is 14.4 Å². The van der Waals surface area contributed by atoms with Crippen LogP contribution in [0.3, 0.4) is 0 Å². The number of nitrogens with zero attached hydrogens (tertiary/aromatic N) is 2. The fourth-order valence-corrected chi connectivity index (χ4v) is 2.84. The fraction of sp³-hybridized carbons (Fsp3) is 0.611. The van der Waals surface area contributed by atoms with Crippen LogP contribution in [0.1, 0.15) is 38.2 Å². The Bertz CT molecular complexity index is 602. The van der Waals surface area contributed by atoms with E-state index in [2.05, 4.69) is 5.32 Å². The third kappa shape index (κ3) is 4.61. The Morgan fingerprint density at radius 3 is 2.00 bits per heavy atom. The van der Waals surface area contributed by atoms with Crippen LogP contribution in [0.15, 0.2) is 22.8 Å². The second-order valence-corrected chi connectivity index (χ2v) is 6.98. The summed E-state index contributed by atoms with van der Waals surface area (Å²) in [4.78, 5) is 40.6. The Morgan fingerprint density at radius 2 is 1.56 bits per heavy atom. The van der Waals surface area contributed by atoms with Gasteiger partial charge in [-0.05, 0) is 18.1 Å². The highest BCUT2D eigenvalue weighted by Gasteiger charge is 2.32. The Labute approximate surface area is 148 Å². The van der Waals surface area contributed by atoms with Crippen LogP contribution in [0.2, 0.25) is 0 Å². The Morgan fingerprint density at radius 1 is 1.00 bits per heavy atom. The monoisotopic (exact) mass is 349 g/mol. The van der Waals surface area contributed by atoms with Crippen molar-refractivity contribution in [1.29, 1.82) is 0 Å². The average Bonchev–Trinajstić information content (AvgIpc) is 3.12. The molecule has 2 heterocycles. The number of amides is 3. The van der Waals surface area contributed by atoms with Crippen LogP contribution in [0.4, 0.5) is 0 Å². The SMILES string of the molecule is CC(C)C(=O)N1CCN(C(=O)C(NC(=O)c2ccco2)C(C)C)CC1. The topological polar surface area (TPSA) is 82.9 Å². The number of furan rings is 1. The molecule has 0 saturated carbocycles. The molecule has 0 aromatic carbocycles. The van der Waals surface area contributed by atoms with E-state index in [1.54, 1.807) is 21.9 Å². The molecule has 0 spiro atoms. The van der Waals surface area contributed by atoms with E-state index < -0.39 is 11.9 Å². The van der Waals surface area contributed by atoms with E-state index in [4.69, 9.17) is 4.42 Å². The number of hydrogen-bond donors (Lipinski definition) is 1. The van der Waals surface area contributed by atoms with Crippen molar-refractivity contribution < 1.29 is 18.8 Å². The number of hydrogen-bond acceptors (Lipinski definition) is 4. The van der Waals surface area contributed by atoms with Crippen molar-refractivity contribution in [3.8, 4) is 0 Å². The van der Waals surface area contributed by atoms with Gasteiger partial charge in [-0.1, -0.05) is 27.7 Å². The minimum Gasteiger partial charge on any atom is -0.459 e. The van der Waals surface area contributed by atoms with Crippen LogP contribution in [-0.4, -0.2) is 59.7 Å². The molecule has 0 radical (unpaired) electrons. The van der Waals surface area contributed by atoms with Crippen LogP contribution in [0.25, 0.3) is 0 Å². The number of rotatable bonds is 5. The van der Waals surface area contributed by atoms with Crippen molar-refractivity contribution in [2.75, 3.05) is 26.2 Å². The highest BCUT2D eigenvalue weighted by atomic mass is 16.3. The molecular weight excluding hydrogens is 322 g/mol. The lowest BCUT2D eigenvalue weighted by Crippen LogP contribution is -2.57. The molecule has 0 bridgehead atoms. The number of carbonyl (C=O) groups is 3. The molecule has 138 valence electrons. The zero-order valence-electron chi connectivity index (χ0n) is 15.3. The molecule has 7 heteroatoms. The molecule has 25 heavy (non-hydrogen) atoms. The Balaban J connectivity index is 1.97. The third-order valence-corrected chi connectivity index (χ3v) is 4.36. The van der Waals surface area contributed by atoms with Gasteiger partial charge >= 0.3 is 0 Å². The molecule has 1 aromatic rings. The second kappa shape index (κ2) is 8.18. The first-order valence-electron chi connectivity index (χ1n) is 8.73. The minimum atomic E-state index is -0.620. The maximum atomic E-state index is 12.8. The number of carbonyl (C=O) groups excluding carboxylic acids is 3. The quantitative estimate of drug-likeness (QED) is 0.870. The Hall–Kier alpha value is -2.31. The zero-order valence-corrected chi connectivity index (χ0v) is 15.3. The van der Waals surface area contributed by atoms with E-state index in [1.807, 2.05) is 27.7 Å². The van der Waals surface area contributed by atoms with Crippen LogP contribution in [-0.2, 0) is 9.59 Å². The summed E-state index contributed by atoms with van der Waals surface area (Å²) < 4.78 is 5.08. The lowest BCUT2D eigenvalue weighted by atomic mass is 10.0. The highest BCUT2D eigenvalue weighted by Crippen LogP contribution is 2.12. The summed E-state index contributed by atoms with van der Waals surface area (Å²) >= 11 is 0. The predicted molar refractivity (Wildman–Crippen MR) is 92.8 cm³/mol. The van der Waals surface area contributed by atoms with Gasteiger partial charge in [0.1, 0.15) is 6.04 Å². The van der Waals surface area contributed by atoms with E-state index in [0.717, 1.165) is 0 Å². The van der Waals surface area contributed by atoms with E-state index in [-0.39, 0.29) is 29.4 Å². The van der Waals surface area contributed by atoms with Gasteiger partial charge in [-0.2, -0.15) is 0 Å². The van der Waals surface area contributed by atoms with E-state index in [9.17, 15) is 14.4 Å². The lowest BCUT2D eigenvalue weighted by molar-refractivity contribution is -0.142. The third-order valence-electron chi connectivity index (χ3n) is 4.36. The maximum absolute atomic E-state index is 12.8. The van der Waals surface area contributed by atoms with E-state index >= 15 is 0 Å². The van der Waals surface area contributed by atoms with Gasteiger partial charge in [0.05, 0.1) is 6.26 Å². The van der Waals surface area contributed by atoms with Crippen molar-refractivity contribution >= 4 is 17.7 Å². The van der Waals surface area contributed by atoms with Gasteiger partial charge in [-0.25, -0.2) is 0 Å². The number of nitrogens with one attached hydrogen (secondary N) is 1. The molecule has 2 rings (SSSR count). The zero-order chi connectivity index (χ0) is 18.6. The molecule has 1 N–H and O–H groups in total. The molecule has 1 atom stereocenters. The van der Waals surface area contributed by atoms with Gasteiger partial charge < -0.3 is 19.5 Å². The predicted octanol–water partition coefficient (Wildman–Crippen LogP) is 1.36. The van der Waals surface area contributed by atoms with Crippen molar-refractivity contribution in [2.24, 2.45) is 11.8 Å². The van der Waals surface area contributed by atoms with Crippen LogP contribution >= 0.6 is 0 Å². The lowest BCUT2D eigenvalue weighted by Gasteiger charge is -2.37. The van der Waals surface area contributed by atoms with Gasteiger partial charge in [0, 0.05) is 32.1 Å². The van der Waals surface area contributed by atoms with Crippen molar-refractivity contribution in [3.05, 3.63) is 24.2 Å². The van der Waals surface area contributed by atoms with E-state index in [0.29, 0.717) is 26.2 Å². The van der Waals surface area contributed by atoms with Gasteiger partial charge in [0.25, 0.3) is 5.91 Å². The summed E-state index contributed by atoms with van der Waals surface area (Å²) in [5.41, 5.74) is 0. The summed E-state index contributed by atoms with van der Waals surface area (Å²) in [7, 11) is 0. The molecule has 1 aliphatic heterocycles. The smallest absolute Gasteiger partial charge is 0.287 e. The molecule has 1 saturated heterocycles. The minimum absolute atomic E-state index is 0.0433. The average molecular weight is 349 g/mol. The summed E-state index contributed by atoms with van der Waals surface area (Å²) in [6.45, 7) is 9.55. The Kier molecular flexibility index (Phi) is 6.22. The van der Waals surface area contributed by atoms with E-state index in [1.165, 1.54) is 6.26 Å². The summed E-state index contributed by atoms with van der Waals surface area (Å²) in [6, 6.07) is 2.57. The van der Waals surface area contributed by atoms with Crippen molar-refractivity contribution in [3.63, 3.8) is 0 Å². The normalized spacial score (nSPS) is 16.2. The fourth-order valence-electron chi connectivity index (χ4n) is 2.84. The largest absolute Gasteiger partial charge is 0.459 e. The first-order chi connectivity index (χ1) is 11.8. The second-order valence-electron chi connectivity index (χ2n) is 6.98. The molecule has 1 aromatic heterocycles. The molecule has 0 aliphatic carbocycles. The van der Waals surface area contributed by atoms with Gasteiger partial charge in [0.15, 0.2) is 5.76 Å². The van der Waals surface area contributed by atoms with Crippen molar-refractivity contribution in [1.82, 2.24) is 15.1 Å². The standard InChI is InChI=1S/C18H27N3O4/c1-12(2)15(19-16(22)14-6-5-11-25-14)18(24)21-9-7-20(8-10-21)17(23)13(3)4/h5-6,11-13,15H,7-10H2,1-4H3,(H,19,22). The van der Waals surface area contributed by atoms with Gasteiger partial charge in [-0.15, -0.1) is 0 Å². The summed E-state index contributed by atoms with van der Waals surface area (Å²) in [6.07, 6.45) is 1.42. The first kappa shape index (κ1) is 19.0. The van der Waals surface area contributed by atoms with Crippen LogP contribution in [0, 0.1) is 11.8 Å². The molecule has 1 fully saturated rings. The summed E-state index contributed by atoms with van der Waals surface area (Å²) in [5.74, 6) is -0.318. The summed E-state index contributed by atoms with van der Waals surface area (Å²) in [5, 5.41) is 2.76.